The Morgan fingerprint density at radius 2 is 1.88 bits per heavy atom. The SMILES string of the molecule is CCCCn1nc(C(=O)OCC(=O)Nc2c(C#N)c(C)c(C)n2Cc2ccccc2)ccc1=O. The van der Waals surface area contributed by atoms with Crippen LogP contribution in [0.15, 0.2) is 47.3 Å². The summed E-state index contributed by atoms with van der Waals surface area (Å²) < 4.78 is 8.17. The van der Waals surface area contributed by atoms with Gasteiger partial charge >= 0.3 is 5.97 Å². The number of nitrogens with one attached hydrogen (secondary N) is 1. The number of ether oxygens (including phenoxy) is 1. The van der Waals surface area contributed by atoms with E-state index in [2.05, 4.69) is 16.5 Å². The van der Waals surface area contributed by atoms with Crippen LogP contribution in [0.4, 0.5) is 5.82 Å². The molecule has 0 aliphatic rings. The van der Waals surface area contributed by atoms with Crippen molar-refractivity contribution < 1.29 is 14.3 Å². The molecule has 2 aromatic heterocycles. The fourth-order valence-corrected chi connectivity index (χ4v) is 3.49. The molecule has 34 heavy (non-hydrogen) atoms. The molecule has 9 heteroatoms. The third-order valence-corrected chi connectivity index (χ3v) is 5.52. The molecule has 1 aromatic carbocycles. The number of carbonyl (C=O) groups excluding carboxylic acids is 2. The van der Waals surface area contributed by atoms with Crippen molar-refractivity contribution in [2.24, 2.45) is 0 Å². The lowest BCUT2D eigenvalue weighted by Crippen LogP contribution is -2.27. The molecule has 1 amide bonds. The molecule has 0 saturated heterocycles. The van der Waals surface area contributed by atoms with Crippen molar-refractivity contribution in [1.29, 1.82) is 5.26 Å². The smallest absolute Gasteiger partial charge is 0.359 e. The lowest BCUT2D eigenvalue weighted by Gasteiger charge is -2.13. The van der Waals surface area contributed by atoms with Gasteiger partial charge < -0.3 is 14.6 Å². The van der Waals surface area contributed by atoms with Gasteiger partial charge in [-0.25, -0.2) is 9.48 Å². The third kappa shape index (κ3) is 5.59. The summed E-state index contributed by atoms with van der Waals surface area (Å²) in [5, 5.41) is 16.4. The summed E-state index contributed by atoms with van der Waals surface area (Å²) in [6.07, 6.45) is 1.62. The molecule has 0 aliphatic carbocycles. The maximum absolute atomic E-state index is 12.6. The fraction of sp³-hybridized carbons (Fsp3) is 0.320. The van der Waals surface area contributed by atoms with E-state index in [1.165, 1.54) is 16.8 Å². The van der Waals surface area contributed by atoms with Gasteiger partial charge in [-0.1, -0.05) is 43.7 Å². The van der Waals surface area contributed by atoms with Crippen LogP contribution in [0.2, 0.25) is 0 Å². The summed E-state index contributed by atoms with van der Waals surface area (Å²) in [6, 6.07) is 14.3. The average Bonchev–Trinajstić information content (AvgIpc) is 3.06. The molecule has 1 N–H and O–H groups in total. The number of benzene rings is 1. The summed E-state index contributed by atoms with van der Waals surface area (Å²) in [5.41, 5.74) is 2.63. The Morgan fingerprint density at radius 1 is 1.15 bits per heavy atom. The van der Waals surface area contributed by atoms with Crippen molar-refractivity contribution in [3.05, 3.63) is 80.9 Å². The number of amides is 1. The molecule has 0 saturated carbocycles. The largest absolute Gasteiger partial charge is 0.451 e. The normalized spacial score (nSPS) is 10.5. The zero-order valence-corrected chi connectivity index (χ0v) is 19.5. The standard InChI is InChI=1S/C25H27N5O4/c1-4-5-13-30-23(32)12-11-21(28-30)25(33)34-16-22(31)27-24-20(14-26)17(2)18(3)29(24)15-19-9-7-6-8-10-19/h6-12H,4-5,13,15-16H2,1-3H3,(H,27,31). The van der Waals surface area contributed by atoms with Gasteiger partial charge in [-0.3, -0.25) is 9.59 Å². The van der Waals surface area contributed by atoms with Crippen molar-refractivity contribution in [3.63, 3.8) is 0 Å². The number of nitrogens with zero attached hydrogens (tertiary/aromatic N) is 4. The number of hydrogen-bond acceptors (Lipinski definition) is 6. The van der Waals surface area contributed by atoms with Gasteiger partial charge in [0.1, 0.15) is 11.9 Å². The van der Waals surface area contributed by atoms with Crippen LogP contribution >= 0.6 is 0 Å². The van der Waals surface area contributed by atoms with Crippen LogP contribution in [0.1, 0.15) is 52.6 Å². The highest BCUT2D eigenvalue weighted by Gasteiger charge is 2.21. The number of aryl methyl sites for hydroxylation is 1. The molecule has 0 fully saturated rings. The second kappa shape index (κ2) is 11.1. The van der Waals surface area contributed by atoms with Crippen molar-refractivity contribution in [1.82, 2.24) is 14.3 Å². The highest BCUT2D eigenvalue weighted by atomic mass is 16.5. The number of anilines is 1. The summed E-state index contributed by atoms with van der Waals surface area (Å²) in [5.74, 6) is -1.04. The highest BCUT2D eigenvalue weighted by Crippen LogP contribution is 2.27. The van der Waals surface area contributed by atoms with Crippen LogP contribution in [-0.4, -0.2) is 32.8 Å². The molecule has 176 valence electrons. The minimum Gasteiger partial charge on any atom is -0.451 e. The molecule has 0 atom stereocenters. The highest BCUT2D eigenvalue weighted by molar-refractivity contribution is 5.95. The van der Waals surface area contributed by atoms with E-state index >= 15 is 0 Å². The molecule has 0 unspecified atom stereocenters. The second-order valence-electron chi connectivity index (χ2n) is 7.88. The van der Waals surface area contributed by atoms with Gasteiger partial charge in [0.15, 0.2) is 12.3 Å². The number of esters is 1. The predicted octanol–water partition coefficient (Wildman–Crippen LogP) is 3.18. The van der Waals surface area contributed by atoms with E-state index in [1.54, 1.807) is 0 Å². The lowest BCUT2D eigenvalue weighted by molar-refractivity contribution is -0.119. The maximum Gasteiger partial charge on any atom is 0.359 e. The van der Waals surface area contributed by atoms with Gasteiger partial charge in [0.2, 0.25) is 0 Å². The summed E-state index contributed by atoms with van der Waals surface area (Å²) in [7, 11) is 0. The first kappa shape index (κ1) is 24.5. The van der Waals surface area contributed by atoms with Crippen LogP contribution in [0.25, 0.3) is 0 Å². The van der Waals surface area contributed by atoms with Gasteiger partial charge in [-0.05, 0) is 37.5 Å². The van der Waals surface area contributed by atoms with Gasteiger partial charge in [0, 0.05) is 24.8 Å². The fourth-order valence-electron chi connectivity index (χ4n) is 3.49. The van der Waals surface area contributed by atoms with E-state index < -0.39 is 18.5 Å². The molecule has 0 bridgehead atoms. The van der Waals surface area contributed by atoms with Crippen LogP contribution in [0.3, 0.4) is 0 Å². The van der Waals surface area contributed by atoms with E-state index in [1.807, 2.05) is 55.7 Å². The first-order valence-corrected chi connectivity index (χ1v) is 11.0. The molecule has 3 rings (SSSR count). The minimum absolute atomic E-state index is 0.0552. The average molecular weight is 462 g/mol. The Labute approximate surface area is 197 Å². The van der Waals surface area contributed by atoms with E-state index in [-0.39, 0.29) is 11.3 Å². The van der Waals surface area contributed by atoms with Crippen molar-refractivity contribution >= 4 is 17.7 Å². The van der Waals surface area contributed by atoms with Gasteiger partial charge in [0.05, 0.1) is 5.56 Å². The monoisotopic (exact) mass is 461 g/mol. The topological polar surface area (TPSA) is 119 Å². The van der Waals surface area contributed by atoms with E-state index in [9.17, 15) is 19.6 Å². The molecule has 0 aliphatic heterocycles. The zero-order chi connectivity index (χ0) is 24.7. The van der Waals surface area contributed by atoms with E-state index in [0.717, 1.165) is 29.7 Å². The molecular formula is C25H27N5O4. The third-order valence-electron chi connectivity index (χ3n) is 5.52. The molecule has 2 heterocycles. The van der Waals surface area contributed by atoms with Gasteiger partial charge in [0.25, 0.3) is 11.5 Å². The van der Waals surface area contributed by atoms with Crippen LogP contribution in [-0.2, 0) is 22.6 Å². The number of unbranched alkanes of at least 4 members (excludes halogenated alkanes) is 1. The molecule has 3 aromatic rings. The number of aromatic nitrogens is 3. The number of hydrogen-bond donors (Lipinski definition) is 1. The summed E-state index contributed by atoms with van der Waals surface area (Å²) >= 11 is 0. The van der Waals surface area contributed by atoms with E-state index in [0.29, 0.717) is 24.5 Å². The van der Waals surface area contributed by atoms with E-state index in [4.69, 9.17) is 4.74 Å². The number of nitriles is 1. The summed E-state index contributed by atoms with van der Waals surface area (Å²) in [6.45, 7) is 5.99. The first-order valence-electron chi connectivity index (χ1n) is 11.0. The van der Waals surface area contributed by atoms with Gasteiger partial charge in [-0.2, -0.15) is 10.4 Å². The molecule has 0 radical (unpaired) electrons. The number of rotatable bonds is 9. The Bertz CT molecular complexity index is 1290. The number of carbonyl (C=O) groups is 2. The van der Waals surface area contributed by atoms with Gasteiger partial charge in [-0.15, -0.1) is 0 Å². The Morgan fingerprint density at radius 3 is 2.56 bits per heavy atom. The Hall–Kier alpha value is -4.19. The van der Waals surface area contributed by atoms with Crippen molar-refractivity contribution in [2.75, 3.05) is 11.9 Å². The second-order valence-corrected chi connectivity index (χ2v) is 7.88. The Balaban J connectivity index is 1.73. The molecule has 9 nitrogen and oxygen atoms in total. The van der Waals surface area contributed by atoms with Crippen molar-refractivity contribution in [3.8, 4) is 6.07 Å². The molecule has 0 spiro atoms. The lowest BCUT2D eigenvalue weighted by atomic mass is 10.2. The summed E-state index contributed by atoms with van der Waals surface area (Å²) in [4.78, 5) is 36.9. The first-order chi connectivity index (χ1) is 16.3. The quantitative estimate of drug-likeness (QED) is 0.489. The van der Waals surface area contributed by atoms with Crippen molar-refractivity contribution in [2.45, 2.75) is 46.7 Å². The predicted molar refractivity (Wildman–Crippen MR) is 126 cm³/mol. The minimum atomic E-state index is -0.812. The van der Waals surface area contributed by atoms with Crippen LogP contribution < -0.4 is 10.9 Å². The molecular weight excluding hydrogens is 434 g/mol. The van der Waals surface area contributed by atoms with Crippen LogP contribution in [0.5, 0.6) is 0 Å². The zero-order valence-electron chi connectivity index (χ0n) is 19.5. The van der Waals surface area contributed by atoms with Crippen LogP contribution in [0, 0.1) is 25.2 Å². The maximum atomic E-state index is 12.6. The Kier molecular flexibility index (Phi) is 7.98.